The molecule has 1 atom stereocenters. The van der Waals surface area contributed by atoms with Crippen molar-refractivity contribution in [2.75, 3.05) is 36.0 Å². The van der Waals surface area contributed by atoms with E-state index in [4.69, 9.17) is 4.74 Å². The third-order valence-electron chi connectivity index (χ3n) is 11.7. The van der Waals surface area contributed by atoms with E-state index in [1.807, 2.05) is 24.3 Å². The van der Waals surface area contributed by atoms with Gasteiger partial charge in [-0.2, -0.15) is 0 Å². The lowest BCUT2D eigenvalue weighted by Gasteiger charge is -2.55. The smallest absolute Gasteiger partial charge is 0.262 e. The number of hydrogen-bond acceptors (Lipinski definition) is 9. The Kier molecular flexibility index (Phi) is 8.82. The molecule has 8 rings (SSSR count). The third kappa shape index (κ3) is 6.41. The van der Waals surface area contributed by atoms with Gasteiger partial charge in [0.1, 0.15) is 18.4 Å². The Hall–Kier alpha value is -5.84. The van der Waals surface area contributed by atoms with Gasteiger partial charge in [0.2, 0.25) is 5.91 Å². The van der Waals surface area contributed by atoms with Crippen molar-refractivity contribution in [2.24, 2.45) is 5.41 Å². The monoisotopic (exact) mass is 724 g/mol. The number of anilines is 2. The van der Waals surface area contributed by atoms with Gasteiger partial charge in [-0.25, -0.2) is 9.97 Å². The van der Waals surface area contributed by atoms with Crippen LogP contribution in [0.2, 0.25) is 0 Å². The van der Waals surface area contributed by atoms with Gasteiger partial charge in [-0.3, -0.25) is 24.1 Å². The van der Waals surface area contributed by atoms with E-state index in [-0.39, 0.29) is 35.0 Å². The fourth-order valence-corrected chi connectivity index (χ4v) is 8.26. The molecule has 3 saturated heterocycles. The van der Waals surface area contributed by atoms with Crippen LogP contribution in [0.15, 0.2) is 91.3 Å². The minimum absolute atomic E-state index is 0.175. The second-order valence-corrected chi connectivity index (χ2v) is 15.6. The number of piperidine rings is 2. The summed E-state index contributed by atoms with van der Waals surface area (Å²) in [4.78, 5) is 65.0. The van der Waals surface area contributed by atoms with Crippen molar-refractivity contribution in [3.05, 3.63) is 125 Å². The maximum absolute atomic E-state index is 13.4. The van der Waals surface area contributed by atoms with Gasteiger partial charge in [0.05, 0.1) is 16.8 Å². The zero-order chi connectivity index (χ0) is 37.8. The van der Waals surface area contributed by atoms with E-state index >= 15 is 0 Å². The zero-order valence-corrected chi connectivity index (χ0v) is 30.9. The lowest BCUT2D eigenvalue weighted by Crippen LogP contribution is -2.60. The molecule has 5 heterocycles. The number of allylic oxidation sites excluding steroid dienone is 1. The molecule has 4 aliphatic heterocycles. The first-order chi connectivity index (χ1) is 25.9. The van der Waals surface area contributed by atoms with E-state index in [0.29, 0.717) is 35.4 Å². The molecule has 1 unspecified atom stereocenters. The van der Waals surface area contributed by atoms with Crippen molar-refractivity contribution < 1.29 is 23.9 Å². The van der Waals surface area contributed by atoms with Crippen molar-refractivity contribution >= 4 is 34.9 Å². The molecule has 4 aromatic rings. The van der Waals surface area contributed by atoms with Crippen LogP contribution >= 0.6 is 0 Å². The number of carbonyl (C=O) groups is 4. The molecule has 1 spiro atoms. The van der Waals surface area contributed by atoms with Crippen LogP contribution in [-0.2, 0) is 16.8 Å². The molecule has 276 valence electrons. The van der Waals surface area contributed by atoms with Crippen LogP contribution in [-0.4, -0.2) is 70.6 Å². The summed E-state index contributed by atoms with van der Waals surface area (Å²) in [5, 5.41) is 2.69. The van der Waals surface area contributed by atoms with E-state index < -0.39 is 17.9 Å². The summed E-state index contributed by atoms with van der Waals surface area (Å²) in [6, 6.07) is 23.5. The number of amides is 3. The van der Waals surface area contributed by atoms with Gasteiger partial charge in [-0.15, -0.1) is 0 Å². The number of ether oxygens (including phenoxy) is 1. The summed E-state index contributed by atoms with van der Waals surface area (Å²) < 4.78 is 5.94. The lowest BCUT2D eigenvalue weighted by atomic mass is 9.71. The molecule has 1 N–H and O–H groups in total. The van der Waals surface area contributed by atoms with Crippen molar-refractivity contribution in [1.82, 2.24) is 20.2 Å². The lowest BCUT2D eigenvalue weighted by molar-refractivity contribution is -0.125. The topological polar surface area (TPSA) is 125 Å². The Bertz CT molecular complexity index is 2160. The molecule has 0 radical (unpaired) electrons. The Morgan fingerprint density at radius 2 is 1.54 bits per heavy atom. The second kappa shape index (κ2) is 13.5. The van der Waals surface area contributed by atoms with Crippen LogP contribution in [0.4, 0.5) is 11.4 Å². The number of nitrogens with one attached hydrogen (secondary N) is 1. The molecule has 0 bridgehead atoms. The molecule has 0 saturated carbocycles. The minimum atomic E-state index is -0.808. The summed E-state index contributed by atoms with van der Waals surface area (Å²) in [7, 11) is 0. The van der Waals surface area contributed by atoms with Crippen molar-refractivity contribution in [1.29, 1.82) is 0 Å². The Morgan fingerprint density at radius 3 is 2.20 bits per heavy atom. The number of imide groups is 1. The highest BCUT2D eigenvalue weighted by Gasteiger charge is 2.46. The van der Waals surface area contributed by atoms with Crippen molar-refractivity contribution in [2.45, 2.75) is 64.5 Å². The van der Waals surface area contributed by atoms with Gasteiger partial charge in [-0.1, -0.05) is 44.7 Å². The molecule has 11 nitrogen and oxygen atoms in total. The van der Waals surface area contributed by atoms with E-state index in [2.05, 4.69) is 81.9 Å². The number of hydrogen-bond donors (Lipinski definition) is 1. The molecule has 54 heavy (non-hydrogen) atoms. The quantitative estimate of drug-likeness (QED) is 0.162. The molecule has 11 heteroatoms. The van der Waals surface area contributed by atoms with Gasteiger partial charge in [0.25, 0.3) is 11.8 Å². The number of benzene rings is 3. The number of nitrogens with zero attached hydrogens (tertiary/aromatic N) is 5. The van der Waals surface area contributed by atoms with Gasteiger partial charge in [0.15, 0.2) is 11.6 Å². The van der Waals surface area contributed by atoms with Crippen LogP contribution in [0.25, 0.3) is 0 Å². The van der Waals surface area contributed by atoms with E-state index in [1.165, 1.54) is 23.7 Å². The average Bonchev–Trinajstić information content (AvgIpc) is 3.41. The molecular weight excluding hydrogens is 681 g/mol. The van der Waals surface area contributed by atoms with E-state index in [9.17, 15) is 19.2 Å². The van der Waals surface area contributed by atoms with Gasteiger partial charge >= 0.3 is 0 Å². The minimum Gasteiger partial charge on any atom is -0.487 e. The zero-order valence-electron chi connectivity index (χ0n) is 30.9. The molecule has 0 aliphatic carbocycles. The second-order valence-electron chi connectivity index (χ2n) is 15.6. The van der Waals surface area contributed by atoms with Crippen molar-refractivity contribution in [3.63, 3.8) is 0 Å². The highest BCUT2D eigenvalue weighted by atomic mass is 16.5. The summed E-state index contributed by atoms with van der Waals surface area (Å²) in [5.41, 5.74) is 6.63. The highest BCUT2D eigenvalue weighted by molar-refractivity contribution is 6.23. The maximum atomic E-state index is 13.4. The van der Waals surface area contributed by atoms with Crippen LogP contribution < -0.4 is 19.9 Å². The molecule has 3 amide bonds. The first-order valence-corrected chi connectivity index (χ1v) is 18.6. The number of ketones is 1. The molecule has 4 aliphatic rings. The predicted octanol–water partition coefficient (Wildman–Crippen LogP) is 6.08. The first-order valence-electron chi connectivity index (χ1n) is 18.6. The largest absolute Gasteiger partial charge is 0.487 e. The Balaban J connectivity index is 0.846. The third-order valence-corrected chi connectivity index (χ3v) is 11.7. The van der Waals surface area contributed by atoms with Crippen LogP contribution in [0.3, 0.4) is 0 Å². The average molecular weight is 725 g/mol. The summed E-state index contributed by atoms with van der Waals surface area (Å²) in [6.07, 6.45) is 4.61. The summed E-state index contributed by atoms with van der Waals surface area (Å²) in [6.45, 7) is 13.7. The molecular formula is C43H44N6O5. The summed E-state index contributed by atoms with van der Waals surface area (Å²) >= 11 is 0. The fourth-order valence-electron chi connectivity index (χ4n) is 8.26. The highest BCUT2D eigenvalue weighted by Crippen LogP contribution is 2.44. The number of fused-ring (bicyclic) bond motifs is 1. The summed E-state index contributed by atoms with van der Waals surface area (Å²) in [5.74, 6) is -0.405. The van der Waals surface area contributed by atoms with Crippen LogP contribution in [0, 0.1) is 5.41 Å². The molecule has 3 fully saturated rings. The van der Waals surface area contributed by atoms with Crippen LogP contribution in [0.1, 0.15) is 94.6 Å². The standard InChI is InChI=1S/C43H44N6O5/c1-27-5-16-37(39(51)45-27)49-40(52)35-15-12-33(23-36(35)41(49)53)47-21-18-43(19-22-47)25-48(26-43)32-10-6-29(7-11-32)42(3,4)30-8-13-34(14-9-30)54-24-31-17-20-44-38(46-31)28(2)50/h6-15,17,20,23,37H,1,5,16,18-19,21-22,24-26H2,2-4H3,(H,45,51). The molecule has 3 aromatic carbocycles. The Labute approximate surface area is 315 Å². The number of carbonyl (C=O) groups excluding carboxylic acids is 4. The van der Waals surface area contributed by atoms with E-state index in [0.717, 1.165) is 55.4 Å². The van der Waals surface area contributed by atoms with Crippen LogP contribution in [0.5, 0.6) is 5.75 Å². The SMILES string of the molecule is C=C1CCC(N2C(=O)c3ccc(N4CCC5(CC4)CN(c4ccc(C(C)(C)c6ccc(OCc7ccnc(C(C)=O)n7)cc6)cc4)C5)cc3C2=O)C(=O)N1. The number of Topliss-reactive ketones (excluding diaryl/α,β-unsaturated/α-hetero) is 1. The fraction of sp³-hybridized carbons (Fsp3) is 0.349. The number of rotatable bonds is 9. The van der Waals surface area contributed by atoms with Crippen molar-refractivity contribution in [3.8, 4) is 5.75 Å². The van der Waals surface area contributed by atoms with E-state index in [1.54, 1.807) is 18.3 Å². The predicted molar refractivity (Wildman–Crippen MR) is 205 cm³/mol. The maximum Gasteiger partial charge on any atom is 0.262 e. The van der Waals surface area contributed by atoms with Gasteiger partial charge < -0.3 is 19.9 Å². The Morgan fingerprint density at radius 1 is 0.889 bits per heavy atom. The number of aromatic nitrogens is 2. The van der Waals surface area contributed by atoms with Gasteiger partial charge in [-0.05, 0) is 85.3 Å². The normalized spacial score (nSPS) is 19.5. The molecule has 1 aromatic heterocycles. The van der Waals surface area contributed by atoms with Gasteiger partial charge in [0, 0.05) is 67.2 Å². The first kappa shape index (κ1) is 35.2.